The van der Waals surface area contributed by atoms with Gasteiger partial charge in [0.15, 0.2) is 0 Å². The molecule has 100 valence electrons. The van der Waals surface area contributed by atoms with Crippen molar-refractivity contribution in [3.63, 3.8) is 0 Å². The second kappa shape index (κ2) is 5.69. The van der Waals surface area contributed by atoms with Gasteiger partial charge in [0.05, 0.1) is 18.1 Å². The first kappa shape index (κ1) is 13.3. The van der Waals surface area contributed by atoms with Gasteiger partial charge in [-0.05, 0) is 37.1 Å². The summed E-state index contributed by atoms with van der Waals surface area (Å²) in [4.78, 5) is 0.237. The molecule has 0 amide bonds. The summed E-state index contributed by atoms with van der Waals surface area (Å²) in [6.07, 6.45) is 1.90. The Balaban J connectivity index is 2.00. The molecule has 0 aromatic heterocycles. The van der Waals surface area contributed by atoms with Crippen molar-refractivity contribution in [1.82, 2.24) is 4.72 Å². The maximum Gasteiger partial charge on any atom is 0.240 e. The van der Waals surface area contributed by atoms with Crippen molar-refractivity contribution in [2.45, 2.75) is 23.8 Å². The van der Waals surface area contributed by atoms with Crippen molar-refractivity contribution in [2.24, 2.45) is 0 Å². The second-order valence-electron chi connectivity index (χ2n) is 4.16. The average molecular weight is 271 g/mol. The van der Waals surface area contributed by atoms with Gasteiger partial charge >= 0.3 is 0 Å². The lowest BCUT2D eigenvalue weighted by atomic mass is 10.2. The van der Waals surface area contributed by atoms with Crippen molar-refractivity contribution >= 4 is 10.0 Å². The molecule has 1 aliphatic rings. The molecule has 1 heterocycles. The van der Waals surface area contributed by atoms with Gasteiger partial charge in [-0.25, -0.2) is 13.1 Å². The molecular formula is C12H17NO4S. The largest absolute Gasteiger partial charge is 0.497 e. The standard InChI is InChI=1S/C12H17NO4S/c1-16-10-4-6-12(7-5-10)18(14,15)13-9-11-3-2-8-17-11/h4-7,11,13H,2-3,8-9H2,1H3/t11-/m0/s1. The van der Waals surface area contributed by atoms with E-state index in [1.54, 1.807) is 19.2 Å². The van der Waals surface area contributed by atoms with Crippen LogP contribution in [0.5, 0.6) is 5.75 Å². The minimum Gasteiger partial charge on any atom is -0.497 e. The molecule has 18 heavy (non-hydrogen) atoms. The lowest BCUT2D eigenvalue weighted by molar-refractivity contribution is 0.114. The Bertz CT molecular complexity index is 477. The molecule has 6 heteroatoms. The van der Waals surface area contributed by atoms with Crippen LogP contribution in [0, 0.1) is 0 Å². The van der Waals surface area contributed by atoms with Gasteiger partial charge in [0.2, 0.25) is 10.0 Å². The smallest absolute Gasteiger partial charge is 0.240 e. The number of benzene rings is 1. The van der Waals surface area contributed by atoms with E-state index in [0.29, 0.717) is 12.3 Å². The summed E-state index contributed by atoms with van der Waals surface area (Å²) in [5, 5.41) is 0. The molecule has 0 radical (unpaired) electrons. The lowest BCUT2D eigenvalue weighted by Gasteiger charge is -2.11. The second-order valence-corrected chi connectivity index (χ2v) is 5.93. The monoisotopic (exact) mass is 271 g/mol. The summed E-state index contributed by atoms with van der Waals surface area (Å²) in [5.41, 5.74) is 0. The molecule has 1 N–H and O–H groups in total. The summed E-state index contributed by atoms with van der Waals surface area (Å²) in [6, 6.07) is 6.30. The van der Waals surface area contributed by atoms with Crippen LogP contribution in [0.4, 0.5) is 0 Å². The van der Waals surface area contributed by atoms with Crippen molar-refractivity contribution in [1.29, 1.82) is 0 Å². The van der Waals surface area contributed by atoms with E-state index in [1.807, 2.05) is 0 Å². The van der Waals surface area contributed by atoms with Crippen LogP contribution in [0.15, 0.2) is 29.2 Å². The fourth-order valence-corrected chi connectivity index (χ4v) is 2.91. The first-order valence-electron chi connectivity index (χ1n) is 5.87. The Morgan fingerprint density at radius 2 is 2.11 bits per heavy atom. The van der Waals surface area contributed by atoms with Crippen molar-refractivity contribution in [3.05, 3.63) is 24.3 Å². The third-order valence-electron chi connectivity index (χ3n) is 2.89. The van der Waals surface area contributed by atoms with Crippen LogP contribution in [0.25, 0.3) is 0 Å². The van der Waals surface area contributed by atoms with E-state index in [2.05, 4.69) is 4.72 Å². The summed E-state index contributed by atoms with van der Waals surface area (Å²) < 4.78 is 36.9. The quantitative estimate of drug-likeness (QED) is 0.872. The number of sulfonamides is 1. The molecule has 0 unspecified atom stereocenters. The summed E-state index contributed by atoms with van der Waals surface area (Å²) in [7, 11) is -1.92. The van der Waals surface area contributed by atoms with E-state index in [1.165, 1.54) is 12.1 Å². The first-order chi connectivity index (χ1) is 8.62. The van der Waals surface area contributed by atoms with Gasteiger partial charge in [0.1, 0.15) is 5.75 Å². The average Bonchev–Trinajstić information content (AvgIpc) is 2.90. The predicted molar refractivity (Wildman–Crippen MR) is 67.2 cm³/mol. The van der Waals surface area contributed by atoms with Crippen molar-refractivity contribution < 1.29 is 17.9 Å². The highest BCUT2D eigenvalue weighted by atomic mass is 32.2. The molecule has 5 nitrogen and oxygen atoms in total. The first-order valence-corrected chi connectivity index (χ1v) is 7.35. The van der Waals surface area contributed by atoms with Crippen LogP contribution in [0.1, 0.15) is 12.8 Å². The number of nitrogens with one attached hydrogen (secondary N) is 1. The highest BCUT2D eigenvalue weighted by Gasteiger charge is 2.20. The van der Waals surface area contributed by atoms with E-state index in [4.69, 9.17) is 9.47 Å². The van der Waals surface area contributed by atoms with E-state index < -0.39 is 10.0 Å². The number of hydrogen-bond acceptors (Lipinski definition) is 4. The number of methoxy groups -OCH3 is 1. The van der Waals surface area contributed by atoms with Gasteiger partial charge < -0.3 is 9.47 Å². The Morgan fingerprint density at radius 3 is 2.67 bits per heavy atom. The molecule has 0 aliphatic carbocycles. The Labute approximate surface area is 107 Å². The maximum atomic E-state index is 12.0. The normalized spacial score (nSPS) is 19.9. The van der Waals surface area contributed by atoms with Gasteiger partial charge in [0.25, 0.3) is 0 Å². The molecule has 0 bridgehead atoms. The fourth-order valence-electron chi connectivity index (χ4n) is 1.85. The Morgan fingerprint density at radius 1 is 1.39 bits per heavy atom. The van der Waals surface area contributed by atoms with Crippen LogP contribution in [-0.4, -0.2) is 34.8 Å². The summed E-state index contributed by atoms with van der Waals surface area (Å²) in [5.74, 6) is 0.632. The molecule has 2 rings (SSSR count). The van der Waals surface area contributed by atoms with Gasteiger partial charge in [-0.1, -0.05) is 0 Å². The number of rotatable bonds is 5. The molecule has 1 atom stereocenters. The van der Waals surface area contributed by atoms with Gasteiger partial charge in [-0.15, -0.1) is 0 Å². The van der Waals surface area contributed by atoms with E-state index >= 15 is 0 Å². The number of hydrogen-bond donors (Lipinski definition) is 1. The molecule has 1 saturated heterocycles. The molecular weight excluding hydrogens is 254 g/mol. The minimum atomic E-state index is -3.46. The zero-order chi connectivity index (χ0) is 13.0. The van der Waals surface area contributed by atoms with Crippen LogP contribution in [0.2, 0.25) is 0 Å². The van der Waals surface area contributed by atoms with E-state index in [0.717, 1.165) is 19.4 Å². The van der Waals surface area contributed by atoms with Crippen LogP contribution in [0.3, 0.4) is 0 Å². The van der Waals surface area contributed by atoms with Gasteiger partial charge in [-0.3, -0.25) is 0 Å². The highest BCUT2D eigenvalue weighted by molar-refractivity contribution is 7.89. The van der Waals surface area contributed by atoms with Crippen molar-refractivity contribution in [3.8, 4) is 5.75 Å². The Kier molecular flexibility index (Phi) is 4.21. The molecule has 1 aromatic rings. The molecule has 0 saturated carbocycles. The molecule has 1 fully saturated rings. The topological polar surface area (TPSA) is 64.6 Å². The number of ether oxygens (including phenoxy) is 2. The predicted octanol–water partition coefficient (Wildman–Crippen LogP) is 1.15. The van der Waals surface area contributed by atoms with Gasteiger partial charge in [-0.2, -0.15) is 0 Å². The maximum absolute atomic E-state index is 12.0. The Hall–Kier alpha value is -1.11. The third kappa shape index (κ3) is 3.22. The van der Waals surface area contributed by atoms with E-state index in [-0.39, 0.29) is 11.0 Å². The summed E-state index contributed by atoms with van der Waals surface area (Å²) in [6.45, 7) is 1.04. The van der Waals surface area contributed by atoms with Crippen molar-refractivity contribution in [2.75, 3.05) is 20.3 Å². The van der Waals surface area contributed by atoms with Gasteiger partial charge in [0, 0.05) is 13.2 Å². The van der Waals surface area contributed by atoms with E-state index in [9.17, 15) is 8.42 Å². The van der Waals surface area contributed by atoms with Crippen LogP contribution in [-0.2, 0) is 14.8 Å². The van der Waals surface area contributed by atoms with Crippen LogP contribution < -0.4 is 9.46 Å². The van der Waals surface area contributed by atoms with Crippen LogP contribution >= 0.6 is 0 Å². The SMILES string of the molecule is COc1ccc(S(=O)(=O)NC[C@@H]2CCCO2)cc1. The highest BCUT2D eigenvalue weighted by Crippen LogP contribution is 2.16. The lowest BCUT2D eigenvalue weighted by Crippen LogP contribution is -2.31. The molecule has 1 aliphatic heterocycles. The summed E-state index contributed by atoms with van der Waals surface area (Å²) >= 11 is 0. The molecule has 0 spiro atoms. The fraction of sp³-hybridized carbons (Fsp3) is 0.500. The molecule has 1 aromatic carbocycles. The third-order valence-corrected chi connectivity index (χ3v) is 4.33. The zero-order valence-electron chi connectivity index (χ0n) is 10.3. The zero-order valence-corrected chi connectivity index (χ0v) is 11.1. The minimum absolute atomic E-state index is 0.00183.